The van der Waals surface area contributed by atoms with Crippen molar-refractivity contribution in [3.8, 4) is 0 Å². The lowest BCUT2D eigenvalue weighted by Gasteiger charge is -2.08. The van der Waals surface area contributed by atoms with Crippen LogP contribution in [0.4, 0.5) is 0 Å². The van der Waals surface area contributed by atoms with Crippen LogP contribution in [0.1, 0.15) is 31.4 Å². The average Bonchev–Trinajstić information content (AvgIpc) is 2.31. The van der Waals surface area contributed by atoms with E-state index in [1.807, 2.05) is 12.1 Å². The molecular weight excluding hydrogens is 242 g/mol. The van der Waals surface area contributed by atoms with Crippen LogP contribution in [0, 0.1) is 12.8 Å². The summed E-state index contributed by atoms with van der Waals surface area (Å²) in [6, 6.07) is 8.32. The molecule has 1 rings (SSSR count). The van der Waals surface area contributed by atoms with Crippen LogP contribution in [0.3, 0.4) is 0 Å². The van der Waals surface area contributed by atoms with Crippen molar-refractivity contribution in [2.45, 2.75) is 32.9 Å². The van der Waals surface area contributed by atoms with Gasteiger partial charge in [0.25, 0.3) is 0 Å². The lowest BCUT2D eigenvalue weighted by atomic mass is 10.1. The third-order valence-corrected chi connectivity index (χ3v) is 3.78. The van der Waals surface area contributed by atoms with Gasteiger partial charge in [0, 0.05) is 12.3 Å². The molecular formula is C15H23NOS. The average molecular weight is 265 g/mol. The van der Waals surface area contributed by atoms with Crippen molar-refractivity contribution >= 4 is 17.7 Å². The van der Waals surface area contributed by atoms with E-state index in [-0.39, 0.29) is 5.91 Å². The molecule has 100 valence electrons. The number of carbonyl (C=O) groups is 1. The maximum absolute atomic E-state index is 11.6. The monoisotopic (exact) mass is 265 g/mol. The predicted octanol–water partition coefficient (Wildman–Crippen LogP) is 3.39. The van der Waals surface area contributed by atoms with E-state index in [9.17, 15) is 4.79 Å². The molecule has 0 fully saturated rings. The first-order valence-electron chi connectivity index (χ1n) is 6.48. The van der Waals surface area contributed by atoms with Crippen LogP contribution in [-0.2, 0) is 10.5 Å². The first kappa shape index (κ1) is 15.1. The van der Waals surface area contributed by atoms with Crippen molar-refractivity contribution in [3.05, 3.63) is 35.4 Å². The van der Waals surface area contributed by atoms with Crippen LogP contribution in [0.15, 0.2) is 24.3 Å². The van der Waals surface area contributed by atoms with Gasteiger partial charge in [-0.2, -0.15) is 0 Å². The van der Waals surface area contributed by atoms with Crippen molar-refractivity contribution in [1.29, 1.82) is 0 Å². The normalized spacial score (nSPS) is 10.7. The van der Waals surface area contributed by atoms with Crippen LogP contribution in [-0.4, -0.2) is 18.2 Å². The number of hydrogen-bond donors (Lipinski definition) is 1. The molecule has 0 bridgehead atoms. The molecule has 3 heteroatoms. The van der Waals surface area contributed by atoms with Gasteiger partial charge in [-0.15, -0.1) is 11.8 Å². The van der Waals surface area contributed by atoms with Crippen LogP contribution in [0.25, 0.3) is 0 Å². The van der Waals surface area contributed by atoms with Crippen molar-refractivity contribution in [1.82, 2.24) is 5.32 Å². The zero-order valence-electron chi connectivity index (χ0n) is 11.5. The molecule has 0 atom stereocenters. The Balaban J connectivity index is 2.18. The Kier molecular flexibility index (Phi) is 6.88. The van der Waals surface area contributed by atoms with Gasteiger partial charge in [0.05, 0.1) is 5.75 Å². The van der Waals surface area contributed by atoms with E-state index in [1.54, 1.807) is 11.8 Å². The van der Waals surface area contributed by atoms with Crippen molar-refractivity contribution in [2.24, 2.45) is 5.92 Å². The lowest BCUT2D eigenvalue weighted by Crippen LogP contribution is -2.26. The van der Waals surface area contributed by atoms with Gasteiger partial charge < -0.3 is 5.32 Å². The minimum absolute atomic E-state index is 0.147. The van der Waals surface area contributed by atoms with E-state index in [2.05, 4.69) is 38.2 Å². The summed E-state index contributed by atoms with van der Waals surface area (Å²) < 4.78 is 0. The summed E-state index contributed by atoms with van der Waals surface area (Å²) in [7, 11) is 0. The largest absolute Gasteiger partial charge is 0.355 e. The third kappa shape index (κ3) is 6.10. The van der Waals surface area contributed by atoms with Crippen molar-refractivity contribution in [2.75, 3.05) is 12.3 Å². The van der Waals surface area contributed by atoms with Crippen molar-refractivity contribution in [3.63, 3.8) is 0 Å². The fraction of sp³-hybridized carbons (Fsp3) is 0.533. The Morgan fingerprint density at radius 2 is 2.06 bits per heavy atom. The number of amides is 1. The summed E-state index contributed by atoms with van der Waals surface area (Å²) in [4.78, 5) is 11.6. The van der Waals surface area contributed by atoms with Gasteiger partial charge in [-0.3, -0.25) is 4.79 Å². The fourth-order valence-electron chi connectivity index (χ4n) is 1.58. The number of benzene rings is 1. The molecule has 0 aromatic heterocycles. The standard InChI is InChI=1S/C15H23NOS/c1-12(2)8-9-16-15(17)11-18-10-14-7-5-4-6-13(14)3/h4-7,12H,8-11H2,1-3H3,(H,16,17). The molecule has 0 saturated carbocycles. The van der Waals surface area contributed by atoms with Crippen molar-refractivity contribution < 1.29 is 4.79 Å². The molecule has 0 unspecified atom stereocenters. The molecule has 0 aliphatic heterocycles. The van der Waals surface area contributed by atoms with Crippen LogP contribution >= 0.6 is 11.8 Å². The van der Waals surface area contributed by atoms with E-state index >= 15 is 0 Å². The maximum Gasteiger partial charge on any atom is 0.230 e. The Hall–Kier alpha value is -0.960. The molecule has 0 spiro atoms. The van der Waals surface area contributed by atoms with Gasteiger partial charge in [-0.05, 0) is 30.4 Å². The van der Waals surface area contributed by atoms with Gasteiger partial charge in [0.2, 0.25) is 5.91 Å². The Labute approximate surface area is 115 Å². The quantitative estimate of drug-likeness (QED) is 0.819. The Morgan fingerprint density at radius 1 is 1.33 bits per heavy atom. The molecule has 0 radical (unpaired) electrons. The van der Waals surface area contributed by atoms with Gasteiger partial charge in [0.1, 0.15) is 0 Å². The second kappa shape index (κ2) is 8.20. The zero-order chi connectivity index (χ0) is 13.4. The van der Waals surface area contributed by atoms with Gasteiger partial charge in [-0.25, -0.2) is 0 Å². The molecule has 1 aromatic carbocycles. The van der Waals surface area contributed by atoms with E-state index in [4.69, 9.17) is 0 Å². The summed E-state index contributed by atoms with van der Waals surface area (Å²) in [5.74, 6) is 2.25. The topological polar surface area (TPSA) is 29.1 Å². The molecule has 0 saturated heterocycles. The number of thioether (sulfide) groups is 1. The number of nitrogens with one attached hydrogen (secondary N) is 1. The summed E-state index contributed by atoms with van der Waals surface area (Å²) in [6.07, 6.45) is 1.05. The number of aryl methyl sites for hydroxylation is 1. The minimum Gasteiger partial charge on any atom is -0.355 e. The van der Waals surface area contributed by atoms with E-state index in [0.717, 1.165) is 18.7 Å². The van der Waals surface area contributed by atoms with E-state index in [0.29, 0.717) is 11.7 Å². The van der Waals surface area contributed by atoms with Gasteiger partial charge in [-0.1, -0.05) is 38.1 Å². The zero-order valence-corrected chi connectivity index (χ0v) is 12.3. The molecule has 0 aliphatic carbocycles. The predicted molar refractivity (Wildman–Crippen MR) is 79.8 cm³/mol. The minimum atomic E-state index is 0.147. The van der Waals surface area contributed by atoms with Gasteiger partial charge >= 0.3 is 0 Å². The summed E-state index contributed by atoms with van der Waals surface area (Å²) in [6.45, 7) is 7.23. The second-order valence-corrected chi connectivity index (χ2v) is 5.94. The second-order valence-electron chi connectivity index (χ2n) is 4.95. The SMILES string of the molecule is Cc1ccccc1CSCC(=O)NCCC(C)C. The molecule has 0 aliphatic rings. The van der Waals surface area contributed by atoms with E-state index in [1.165, 1.54) is 11.1 Å². The smallest absolute Gasteiger partial charge is 0.230 e. The highest BCUT2D eigenvalue weighted by Crippen LogP contribution is 2.15. The maximum atomic E-state index is 11.6. The highest BCUT2D eigenvalue weighted by Gasteiger charge is 2.03. The molecule has 1 N–H and O–H groups in total. The fourth-order valence-corrected chi connectivity index (χ4v) is 2.51. The third-order valence-electron chi connectivity index (χ3n) is 2.80. The number of rotatable bonds is 7. The summed E-state index contributed by atoms with van der Waals surface area (Å²) in [5.41, 5.74) is 2.61. The lowest BCUT2D eigenvalue weighted by molar-refractivity contribution is -0.118. The number of hydrogen-bond acceptors (Lipinski definition) is 2. The Bertz CT molecular complexity index is 377. The number of carbonyl (C=O) groups excluding carboxylic acids is 1. The molecule has 18 heavy (non-hydrogen) atoms. The highest BCUT2D eigenvalue weighted by atomic mass is 32.2. The van der Waals surface area contributed by atoms with Crippen LogP contribution < -0.4 is 5.32 Å². The Morgan fingerprint density at radius 3 is 2.72 bits per heavy atom. The van der Waals surface area contributed by atoms with E-state index < -0.39 is 0 Å². The molecule has 2 nitrogen and oxygen atoms in total. The molecule has 0 heterocycles. The molecule has 1 amide bonds. The molecule has 1 aromatic rings. The first-order chi connectivity index (χ1) is 8.59. The summed E-state index contributed by atoms with van der Waals surface area (Å²) in [5, 5.41) is 2.96. The first-order valence-corrected chi connectivity index (χ1v) is 7.64. The summed E-state index contributed by atoms with van der Waals surface area (Å²) >= 11 is 1.68. The van der Waals surface area contributed by atoms with Gasteiger partial charge in [0.15, 0.2) is 0 Å². The highest BCUT2D eigenvalue weighted by molar-refractivity contribution is 7.99. The van der Waals surface area contributed by atoms with Crippen LogP contribution in [0.2, 0.25) is 0 Å². The van der Waals surface area contributed by atoms with Crippen LogP contribution in [0.5, 0.6) is 0 Å².